The van der Waals surface area contributed by atoms with Crippen molar-refractivity contribution < 1.29 is 9.53 Å². The molecule has 1 amide bonds. The molecule has 3 rings (SSSR count). The van der Waals surface area contributed by atoms with Crippen LogP contribution in [-0.2, 0) is 17.8 Å². The zero-order chi connectivity index (χ0) is 20.8. The van der Waals surface area contributed by atoms with E-state index in [2.05, 4.69) is 16.4 Å². The van der Waals surface area contributed by atoms with Crippen LogP contribution in [0.5, 0.6) is 5.75 Å². The van der Waals surface area contributed by atoms with E-state index < -0.39 is 0 Å². The fourth-order valence-corrected chi connectivity index (χ4v) is 3.51. The third kappa shape index (κ3) is 5.67. The number of anilines is 1. The minimum atomic E-state index is 0.0259. The van der Waals surface area contributed by atoms with Crippen LogP contribution in [-0.4, -0.2) is 62.1 Å². The van der Waals surface area contributed by atoms with E-state index in [1.54, 1.807) is 19.1 Å². The smallest absolute Gasteiger partial charge is 0.227 e. The van der Waals surface area contributed by atoms with Gasteiger partial charge in [0, 0.05) is 39.7 Å². The molecule has 1 fully saturated rings. The van der Waals surface area contributed by atoms with Crippen molar-refractivity contribution in [3.8, 4) is 5.75 Å². The molecule has 0 saturated carbocycles. The van der Waals surface area contributed by atoms with Crippen LogP contribution in [0.15, 0.2) is 30.3 Å². The molecule has 7 nitrogen and oxygen atoms in total. The van der Waals surface area contributed by atoms with Crippen molar-refractivity contribution in [2.24, 2.45) is 0 Å². The van der Waals surface area contributed by atoms with Gasteiger partial charge >= 0.3 is 0 Å². The number of carbonyl (C=O) groups excluding carboxylic acids is 1. The number of benzene rings is 1. The summed E-state index contributed by atoms with van der Waals surface area (Å²) in [6.07, 6.45) is 2.60. The number of nitrogens with zero attached hydrogens (tertiary/aromatic N) is 4. The highest BCUT2D eigenvalue weighted by Gasteiger charge is 2.20. The van der Waals surface area contributed by atoms with Gasteiger partial charge in [0.2, 0.25) is 5.91 Å². The van der Waals surface area contributed by atoms with Crippen LogP contribution < -0.4 is 15.0 Å². The predicted molar refractivity (Wildman–Crippen MR) is 114 cm³/mol. The van der Waals surface area contributed by atoms with Gasteiger partial charge in [-0.15, -0.1) is 0 Å². The molecule has 1 N–H and O–H groups in total. The van der Waals surface area contributed by atoms with Crippen molar-refractivity contribution in [1.29, 1.82) is 0 Å². The highest BCUT2D eigenvalue weighted by molar-refractivity contribution is 5.78. The standard InChI is InChI=1S/C22H31N5O2/c1-26(2)21-13-19(17-8-6-10-23-14-17)24-20(25-21)15-27(3)22(28)12-16-7-5-9-18(11-16)29-4/h5,7,9,11,13,17,23H,6,8,10,12,14-15H2,1-4H3/t17-/m1/s1. The lowest BCUT2D eigenvalue weighted by molar-refractivity contribution is -0.129. The lowest BCUT2D eigenvalue weighted by Crippen LogP contribution is -2.31. The van der Waals surface area contributed by atoms with Crippen molar-refractivity contribution in [2.45, 2.75) is 31.7 Å². The second kappa shape index (κ2) is 9.69. The number of carbonyl (C=O) groups is 1. The van der Waals surface area contributed by atoms with Crippen LogP contribution >= 0.6 is 0 Å². The average Bonchev–Trinajstić information content (AvgIpc) is 2.74. The predicted octanol–water partition coefficient (Wildman–Crippen LogP) is 2.22. The van der Waals surface area contributed by atoms with Gasteiger partial charge < -0.3 is 19.9 Å². The molecule has 0 spiro atoms. The first kappa shape index (κ1) is 21.0. The maximum Gasteiger partial charge on any atom is 0.227 e. The van der Waals surface area contributed by atoms with Crippen LogP contribution in [0.25, 0.3) is 0 Å². The quantitative estimate of drug-likeness (QED) is 0.773. The van der Waals surface area contributed by atoms with E-state index in [0.717, 1.165) is 48.8 Å². The molecule has 0 aliphatic carbocycles. The van der Waals surface area contributed by atoms with Gasteiger partial charge in [-0.05, 0) is 37.1 Å². The van der Waals surface area contributed by atoms with E-state index in [1.165, 1.54) is 0 Å². The Morgan fingerprint density at radius 3 is 2.76 bits per heavy atom. The molecule has 156 valence electrons. The maximum absolute atomic E-state index is 12.7. The Bertz CT molecular complexity index is 834. The van der Waals surface area contributed by atoms with Crippen molar-refractivity contribution >= 4 is 11.7 Å². The summed E-state index contributed by atoms with van der Waals surface area (Å²) in [5.41, 5.74) is 1.98. The first-order valence-electron chi connectivity index (χ1n) is 10.1. The number of aromatic nitrogens is 2. The number of likely N-dealkylation sites (N-methyl/N-ethyl adjacent to an activating group) is 1. The number of hydrogen-bond donors (Lipinski definition) is 1. The maximum atomic E-state index is 12.7. The average molecular weight is 398 g/mol. The van der Waals surface area contributed by atoms with Crippen LogP contribution in [0.4, 0.5) is 5.82 Å². The van der Waals surface area contributed by atoms with Gasteiger partial charge in [-0.1, -0.05) is 12.1 Å². The van der Waals surface area contributed by atoms with E-state index in [4.69, 9.17) is 9.72 Å². The molecule has 2 aromatic rings. The monoisotopic (exact) mass is 397 g/mol. The summed E-state index contributed by atoms with van der Waals surface area (Å²) in [7, 11) is 7.39. The van der Waals surface area contributed by atoms with Crippen molar-refractivity contribution in [2.75, 3.05) is 46.2 Å². The van der Waals surface area contributed by atoms with E-state index in [1.807, 2.05) is 43.3 Å². The van der Waals surface area contributed by atoms with Crippen molar-refractivity contribution in [3.05, 3.63) is 47.4 Å². The van der Waals surface area contributed by atoms with Crippen molar-refractivity contribution in [3.63, 3.8) is 0 Å². The van der Waals surface area contributed by atoms with E-state index in [0.29, 0.717) is 24.7 Å². The Kier molecular flexibility index (Phi) is 7.04. The SMILES string of the molecule is COc1cccc(CC(=O)N(C)Cc2nc([C@@H]3CCCNC3)cc(N(C)C)n2)c1. The molecule has 2 heterocycles. The minimum Gasteiger partial charge on any atom is -0.497 e. The Balaban J connectivity index is 1.73. The largest absolute Gasteiger partial charge is 0.497 e. The van der Waals surface area contributed by atoms with Gasteiger partial charge in [0.15, 0.2) is 0 Å². The van der Waals surface area contributed by atoms with E-state index >= 15 is 0 Å². The summed E-state index contributed by atoms with van der Waals surface area (Å²) >= 11 is 0. The lowest BCUT2D eigenvalue weighted by atomic mass is 9.96. The molecule has 1 aromatic carbocycles. The highest BCUT2D eigenvalue weighted by Crippen LogP contribution is 2.24. The summed E-state index contributed by atoms with van der Waals surface area (Å²) < 4.78 is 5.24. The Morgan fingerprint density at radius 1 is 1.24 bits per heavy atom. The Morgan fingerprint density at radius 2 is 2.07 bits per heavy atom. The normalized spacial score (nSPS) is 16.3. The zero-order valence-electron chi connectivity index (χ0n) is 17.8. The molecule has 1 saturated heterocycles. The molecule has 1 aliphatic rings. The van der Waals surface area contributed by atoms with Gasteiger partial charge in [0.1, 0.15) is 17.4 Å². The summed E-state index contributed by atoms with van der Waals surface area (Å²) in [4.78, 5) is 25.9. The summed E-state index contributed by atoms with van der Waals surface area (Å²) in [5, 5.41) is 3.45. The molecular weight excluding hydrogens is 366 g/mol. The molecule has 29 heavy (non-hydrogen) atoms. The first-order valence-corrected chi connectivity index (χ1v) is 10.1. The van der Waals surface area contributed by atoms with E-state index in [9.17, 15) is 4.79 Å². The zero-order valence-corrected chi connectivity index (χ0v) is 17.8. The van der Waals surface area contributed by atoms with Crippen molar-refractivity contribution in [1.82, 2.24) is 20.2 Å². The summed E-state index contributed by atoms with van der Waals surface area (Å²) in [6, 6.07) is 9.67. The highest BCUT2D eigenvalue weighted by atomic mass is 16.5. The van der Waals surface area contributed by atoms with Crippen LogP contribution in [0, 0.1) is 0 Å². The minimum absolute atomic E-state index is 0.0259. The second-order valence-corrected chi connectivity index (χ2v) is 7.78. The molecule has 0 unspecified atom stereocenters. The topological polar surface area (TPSA) is 70.6 Å². The molecule has 1 aromatic heterocycles. The number of piperidine rings is 1. The number of amides is 1. The molecule has 1 aliphatic heterocycles. The van der Waals surface area contributed by atoms with Gasteiger partial charge in [0.05, 0.1) is 25.8 Å². The van der Waals surface area contributed by atoms with Crippen LogP contribution in [0.2, 0.25) is 0 Å². The summed E-state index contributed by atoms with van der Waals surface area (Å²) in [6.45, 7) is 2.39. The molecule has 0 radical (unpaired) electrons. The molecule has 1 atom stereocenters. The number of ether oxygens (including phenoxy) is 1. The Labute approximate surface area is 173 Å². The third-order valence-corrected chi connectivity index (χ3v) is 5.25. The number of nitrogens with one attached hydrogen (secondary N) is 1. The van der Waals surface area contributed by atoms with Gasteiger partial charge in [-0.25, -0.2) is 9.97 Å². The first-order chi connectivity index (χ1) is 14.0. The van der Waals surface area contributed by atoms with Crippen LogP contribution in [0.3, 0.4) is 0 Å². The number of methoxy groups -OCH3 is 1. The van der Waals surface area contributed by atoms with Gasteiger partial charge in [-0.2, -0.15) is 0 Å². The fraction of sp³-hybridized carbons (Fsp3) is 0.500. The van der Waals surface area contributed by atoms with E-state index in [-0.39, 0.29) is 5.91 Å². The van der Waals surface area contributed by atoms with Gasteiger partial charge in [0.25, 0.3) is 0 Å². The lowest BCUT2D eigenvalue weighted by Gasteiger charge is -2.24. The second-order valence-electron chi connectivity index (χ2n) is 7.78. The Hall–Kier alpha value is -2.67. The fourth-order valence-electron chi connectivity index (χ4n) is 3.51. The molecule has 0 bridgehead atoms. The molecular formula is C22H31N5O2. The van der Waals surface area contributed by atoms with Gasteiger partial charge in [-0.3, -0.25) is 4.79 Å². The number of rotatable bonds is 7. The molecule has 7 heteroatoms. The number of hydrogen-bond acceptors (Lipinski definition) is 6. The van der Waals surface area contributed by atoms with Crippen LogP contribution in [0.1, 0.15) is 35.8 Å². The third-order valence-electron chi connectivity index (χ3n) is 5.25. The summed E-state index contributed by atoms with van der Waals surface area (Å²) in [5.74, 6) is 2.73.